The van der Waals surface area contributed by atoms with Crippen molar-refractivity contribution in [2.75, 3.05) is 0 Å². The van der Waals surface area contributed by atoms with Gasteiger partial charge in [0.2, 0.25) is 0 Å². The van der Waals surface area contributed by atoms with E-state index in [2.05, 4.69) is 151 Å². The number of hydrogen-bond acceptors (Lipinski definition) is 0. The molecule has 2 aliphatic rings. The highest BCUT2D eigenvalue weighted by atomic mass is 14.4. The smallest absolute Gasteiger partial charge is 0.0159 e. The maximum atomic E-state index is 2.43. The standard InChI is InChI=1S/C42H36/c1-25-7-11-27(12-8-25)29-15-17-33-37(23-29)41(3,4)35-21-19-32-31(39(33)35)20-22-36-40(32)34-18-16-30(24-38(34)42(36,5)6)28-13-9-26(2)10-14-28/h7-24H,1-6H3. The first kappa shape index (κ1) is 25.3. The minimum Gasteiger partial charge on any atom is -0.0587 e. The van der Waals surface area contributed by atoms with Gasteiger partial charge >= 0.3 is 0 Å². The lowest BCUT2D eigenvalue weighted by Crippen LogP contribution is -2.15. The van der Waals surface area contributed by atoms with Gasteiger partial charge in [-0.15, -0.1) is 0 Å². The second-order valence-electron chi connectivity index (χ2n) is 13.6. The molecule has 6 aromatic carbocycles. The summed E-state index contributed by atoms with van der Waals surface area (Å²) in [6.45, 7) is 13.9. The normalized spacial score (nSPS) is 15.3. The molecule has 0 saturated heterocycles. The minimum absolute atomic E-state index is 0.0569. The van der Waals surface area contributed by atoms with E-state index >= 15 is 0 Å². The summed E-state index contributed by atoms with van der Waals surface area (Å²) >= 11 is 0. The second kappa shape index (κ2) is 8.55. The molecule has 8 rings (SSSR count). The molecule has 204 valence electrons. The molecule has 0 N–H and O–H groups in total. The lowest BCUT2D eigenvalue weighted by atomic mass is 9.80. The molecule has 0 unspecified atom stereocenters. The summed E-state index contributed by atoms with van der Waals surface area (Å²) in [5.41, 5.74) is 18.9. The topological polar surface area (TPSA) is 0 Å². The average Bonchev–Trinajstić information content (AvgIpc) is 3.37. The molecule has 0 aliphatic heterocycles. The number of rotatable bonds is 2. The van der Waals surface area contributed by atoms with Crippen LogP contribution in [-0.2, 0) is 10.8 Å². The molecule has 0 spiro atoms. The van der Waals surface area contributed by atoms with E-state index in [1.165, 1.54) is 88.7 Å². The van der Waals surface area contributed by atoms with Gasteiger partial charge in [0.1, 0.15) is 0 Å². The van der Waals surface area contributed by atoms with E-state index in [-0.39, 0.29) is 10.8 Å². The quantitative estimate of drug-likeness (QED) is 0.205. The summed E-state index contributed by atoms with van der Waals surface area (Å²) in [6, 6.07) is 41.7. The third-order valence-corrected chi connectivity index (χ3v) is 10.2. The first-order valence-corrected chi connectivity index (χ1v) is 15.2. The predicted octanol–water partition coefficient (Wildman–Crippen LogP) is 11.4. The van der Waals surface area contributed by atoms with Gasteiger partial charge < -0.3 is 0 Å². The van der Waals surface area contributed by atoms with E-state index in [9.17, 15) is 0 Å². The van der Waals surface area contributed by atoms with Crippen LogP contribution in [0.3, 0.4) is 0 Å². The molecule has 0 fully saturated rings. The molecule has 0 amide bonds. The van der Waals surface area contributed by atoms with Crippen LogP contribution < -0.4 is 0 Å². The summed E-state index contributed by atoms with van der Waals surface area (Å²) in [5.74, 6) is 0. The van der Waals surface area contributed by atoms with Crippen molar-refractivity contribution in [1.82, 2.24) is 0 Å². The van der Waals surface area contributed by atoms with E-state index in [1.54, 1.807) is 0 Å². The Morgan fingerprint density at radius 2 is 0.714 bits per heavy atom. The second-order valence-corrected chi connectivity index (χ2v) is 13.6. The van der Waals surface area contributed by atoms with Crippen LogP contribution in [0.5, 0.6) is 0 Å². The molecule has 0 heterocycles. The van der Waals surface area contributed by atoms with Crippen LogP contribution in [0.2, 0.25) is 0 Å². The lowest BCUT2D eigenvalue weighted by molar-refractivity contribution is 0.660. The maximum absolute atomic E-state index is 2.43. The van der Waals surface area contributed by atoms with E-state index in [4.69, 9.17) is 0 Å². The Balaban J connectivity index is 1.32. The molecule has 0 nitrogen and oxygen atoms in total. The van der Waals surface area contributed by atoms with Crippen molar-refractivity contribution >= 4 is 10.8 Å². The molecule has 0 radical (unpaired) electrons. The molecular formula is C42H36. The fourth-order valence-corrected chi connectivity index (χ4v) is 7.73. The maximum Gasteiger partial charge on any atom is 0.0159 e. The van der Waals surface area contributed by atoms with Gasteiger partial charge in [-0.1, -0.05) is 136 Å². The lowest BCUT2D eigenvalue weighted by Gasteiger charge is -2.23. The van der Waals surface area contributed by atoms with Gasteiger partial charge in [0.05, 0.1) is 0 Å². The molecule has 0 saturated carbocycles. The fourth-order valence-electron chi connectivity index (χ4n) is 7.73. The van der Waals surface area contributed by atoms with Crippen molar-refractivity contribution < 1.29 is 0 Å². The summed E-state index contributed by atoms with van der Waals surface area (Å²) in [4.78, 5) is 0. The number of fused-ring (bicyclic) bond motifs is 9. The number of aryl methyl sites for hydroxylation is 2. The Morgan fingerprint density at radius 3 is 1.10 bits per heavy atom. The predicted molar refractivity (Wildman–Crippen MR) is 179 cm³/mol. The van der Waals surface area contributed by atoms with Crippen LogP contribution in [0.25, 0.3) is 55.3 Å². The van der Waals surface area contributed by atoms with Crippen molar-refractivity contribution in [2.24, 2.45) is 0 Å². The molecule has 0 heteroatoms. The third kappa shape index (κ3) is 3.42. The van der Waals surface area contributed by atoms with Gasteiger partial charge in [-0.05, 0) is 104 Å². The molecule has 0 aromatic heterocycles. The largest absolute Gasteiger partial charge is 0.0587 e. The summed E-state index contributed by atoms with van der Waals surface area (Å²) < 4.78 is 0. The number of benzene rings is 6. The van der Waals surface area contributed by atoms with Crippen LogP contribution in [-0.4, -0.2) is 0 Å². The highest BCUT2D eigenvalue weighted by Crippen LogP contribution is 2.56. The zero-order valence-corrected chi connectivity index (χ0v) is 25.4. The molecule has 0 atom stereocenters. The summed E-state index contributed by atoms with van der Waals surface area (Å²) in [7, 11) is 0. The minimum atomic E-state index is -0.0569. The Morgan fingerprint density at radius 1 is 0.357 bits per heavy atom. The van der Waals surface area contributed by atoms with E-state index < -0.39 is 0 Å². The molecule has 6 aromatic rings. The Labute approximate surface area is 249 Å². The molecular weight excluding hydrogens is 504 g/mol. The van der Waals surface area contributed by atoms with Gasteiger partial charge in [0.15, 0.2) is 0 Å². The van der Waals surface area contributed by atoms with Crippen LogP contribution >= 0.6 is 0 Å². The SMILES string of the molecule is Cc1ccc(-c2ccc3c(c2)C(C)(C)c2ccc4c5c(ccc4c2-3)C(C)(C)c2cc(-c3ccc(C)cc3)ccc2-5)cc1. The zero-order valence-electron chi connectivity index (χ0n) is 25.4. The van der Waals surface area contributed by atoms with Crippen LogP contribution in [0.4, 0.5) is 0 Å². The summed E-state index contributed by atoms with van der Waals surface area (Å²) in [5, 5.41) is 2.74. The van der Waals surface area contributed by atoms with Crippen molar-refractivity contribution in [3.05, 3.63) is 143 Å². The van der Waals surface area contributed by atoms with Crippen LogP contribution in [0.1, 0.15) is 61.1 Å². The van der Waals surface area contributed by atoms with Crippen molar-refractivity contribution in [3.63, 3.8) is 0 Å². The van der Waals surface area contributed by atoms with Crippen LogP contribution in [0, 0.1) is 13.8 Å². The zero-order chi connectivity index (χ0) is 29.0. The van der Waals surface area contributed by atoms with Gasteiger partial charge in [-0.25, -0.2) is 0 Å². The highest BCUT2D eigenvalue weighted by Gasteiger charge is 2.40. The van der Waals surface area contributed by atoms with E-state index in [1.807, 2.05) is 0 Å². The number of hydrogen-bond donors (Lipinski definition) is 0. The Bertz CT molecular complexity index is 1910. The first-order chi connectivity index (χ1) is 20.1. The van der Waals surface area contributed by atoms with E-state index in [0.29, 0.717) is 0 Å². The highest BCUT2D eigenvalue weighted by molar-refractivity contribution is 6.11. The van der Waals surface area contributed by atoms with Gasteiger partial charge in [0, 0.05) is 10.8 Å². The van der Waals surface area contributed by atoms with E-state index in [0.717, 1.165) is 0 Å². The Kier molecular flexibility index (Phi) is 5.15. The van der Waals surface area contributed by atoms with Crippen molar-refractivity contribution in [1.29, 1.82) is 0 Å². The first-order valence-electron chi connectivity index (χ1n) is 15.2. The van der Waals surface area contributed by atoms with Gasteiger partial charge in [0.25, 0.3) is 0 Å². The average molecular weight is 541 g/mol. The van der Waals surface area contributed by atoms with Crippen LogP contribution in [0.15, 0.2) is 109 Å². The third-order valence-electron chi connectivity index (χ3n) is 10.2. The summed E-state index contributed by atoms with van der Waals surface area (Å²) in [6.07, 6.45) is 0. The molecule has 0 bridgehead atoms. The molecule has 42 heavy (non-hydrogen) atoms. The van der Waals surface area contributed by atoms with Crippen molar-refractivity contribution in [3.8, 4) is 44.5 Å². The monoisotopic (exact) mass is 540 g/mol. The van der Waals surface area contributed by atoms with Gasteiger partial charge in [-0.3, -0.25) is 0 Å². The van der Waals surface area contributed by atoms with Gasteiger partial charge in [-0.2, -0.15) is 0 Å². The Hall–Kier alpha value is -4.42. The fraction of sp³-hybridized carbons (Fsp3) is 0.190. The van der Waals surface area contributed by atoms with Crippen molar-refractivity contribution in [2.45, 2.75) is 52.4 Å². The molecule has 2 aliphatic carbocycles.